The van der Waals surface area contributed by atoms with Crippen molar-refractivity contribution in [1.82, 2.24) is 9.97 Å². The van der Waals surface area contributed by atoms with Crippen molar-refractivity contribution in [2.75, 3.05) is 5.43 Å². The number of thioether (sulfide) groups is 1. The van der Waals surface area contributed by atoms with Crippen LogP contribution in [-0.2, 0) is 5.75 Å². The molecule has 24 heavy (non-hydrogen) atoms. The quantitative estimate of drug-likeness (QED) is 0.297. The first-order chi connectivity index (χ1) is 11.8. The number of aromatic nitrogens is 2. The molecule has 0 aliphatic heterocycles. The average molecular weight is 355 g/mol. The van der Waals surface area contributed by atoms with Gasteiger partial charge in [-0.15, -0.1) is 0 Å². The molecule has 0 unspecified atom stereocenters. The highest BCUT2D eigenvalue weighted by Gasteiger charge is 2.03. The molecule has 0 saturated heterocycles. The van der Waals surface area contributed by atoms with Crippen molar-refractivity contribution in [2.45, 2.75) is 10.9 Å². The van der Waals surface area contributed by atoms with Crippen LogP contribution in [0.25, 0.3) is 0 Å². The van der Waals surface area contributed by atoms with Crippen LogP contribution in [0.15, 0.2) is 77.1 Å². The van der Waals surface area contributed by atoms with E-state index in [2.05, 4.69) is 20.5 Å². The van der Waals surface area contributed by atoms with E-state index in [0.29, 0.717) is 5.16 Å². The third kappa shape index (κ3) is 4.81. The van der Waals surface area contributed by atoms with Gasteiger partial charge in [0.15, 0.2) is 5.16 Å². The van der Waals surface area contributed by atoms with Gasteiger partial charge in [-0.1, -0.05) is 59.8 Å². The van der Waals surface area contributed by atoms with E-state index in [1.807, 2.05) is 60.7 Å². The highest BCUT2D eigenvalue weighted by Crippen LogP contribution is 2.24. The number of hydrogen-bond donors (Lipinski definition) is 1. The maximum absolute atomic E-state index is 6.16. The lowest BCUT2D eigenvalue weighted by molar-refractivity contribution is 0.959. The number of halogens is 1. The fourth-order valence-corrected chi connectivity index (χ4v) is 3.06. The van der Waals surface area contributed by atoms with Crippen molar-refractivity contribution < 1.29 is 0 Å². The third-order valence-electron chi connectivity index (χ3n) is 3.13. The molecule has 0 aliphatic rings. The van der Waals surface area contributed by atoms with Gasteiger partial charge in [0.1, 0.15) is 0 Å². The SMILES string of the molecule is Clc1ccccc1CSc1nccc(C=NNc2ccccc2)n1. The molecule has 6 heteroatoms. The number of hydrazone groups is 1. The predicted octanol–water partition coefficient (Wildman–Crippen LogP) is 4.87. The maximum Gasteiger partial charge on any atom is 0.188 e. The molecule has 0 bridgehead atoms. The Morgan fingerprint density at radius 2 is 1.83 bits per heavy atom. The van der Waals surface area contributed by atoms with Crippen molar-refractivity contribution in [3.8, 4) is 0 Å². The fraction of sp³-hybridized carbons (Fsp3) is 0.0556. The number of hydrogen-bond acceptors (Lipinski definition) is 5. The Hall–Kier alpha value is -2.37. The summed E-state index contributed by atoms with van der Waals surface area (Å²) in [4.78, 5) is 8.75. The molecule has 3 rings (SSSR count). The van der Waals surface area contributed by atoms with E-state index in [1.165, 1.54) is 0 Å². The first-order valence-electron chi connectivity index (χ1n) is 7.34. The minimum Gasteiger partial charge on any atom is -0.278 e. The molecule has 0 spiro atoms. The minimum absolute atomic E-state index is 0.693. The zero-order valence-electron chi connectivity index (χ0n) is 12.8. The van der Waals surface area contributed by atoms with Crippen molar-refractivity contribution in [1.29, 1.82) is 0 Å². The largest absolute Gasteiger partial charge is 0.278 e. The van der Waals surface area contributed by atoms with Gasteiger partial charge in [0, 0.05) is 17.0 Å². The molecule has 0 atom stereocenters. The number of para-hydroxylation sites is 1. The number of anilines is 1. The van der Waals surface area contributed by atoms with Crippen molar-refractivity contribution in [3.05, 3.63) is 83.1 Å². The minimum atomic E-state index is 0.693. The van der Waals surface area contributed by atoms with Crippen LogP contribution in [0.1, 0.15) is 11.3 Å². The van der Waals surface area contributed by atoms with Crippen LogP contribution < -0.4 is 5.43 Å². The smallest absolute Gasteiger partial charge is 0.188 e. The summed E-state index contributed by atoms with van der Waals surface area (Å²) in [6.07, 6.45) is 3.40. The molecule has 0 amide bonds. The summed E-state index contributed by atoms with van der Waals surface area (Å²) >= 11 is 7.71. The molecule has 4 nitrogen and oxygen atoms in total. The lowest BCUT2D eigenvalue weighted by Crippen LogP contribution is -1.95. The van der Waals surface area contributed by atoms with Crippen LogP contribution in [0.5, 0.6) is 0 Å². The Morgan fingerprint density at radius 1 is 1.04 bits per heavy atom. The summed E-state index contributed by atoms with van der Waals surface area (Å²) in [6, 6.07) is 19.4. The first-order valence-corrected chi connectivity index (χ1v) is 8.71. The molecule has 1 heterocycles. The summed E-state index contributed by atoms with van der Waals surface area (Å²) < 4.78 is 0. The monoisotopic (exact) mass is 354 g/mol. The number of rotatable bonds is 6. The summed E-state index contributed by atoms with van der Waals surface area (Å²) in [6.45, 7) is 0. The van der Waals surface area contributed by atoms with Gasteiger partial charge in [0.2, 0.25) is 0 Å². The molecule has 3 aromatic rings. The van der Waals surface area contributed by atoms with Crippen LogP contribution >= 0.6 is 23.4 Å². The Bertz CT molecular complexity index is 824. The fourth-order valence-electron chi connectivity index (χ4n) is 1.94. The van der Waals surface area contributed by atoms with Gasteiger partial charge >= 0.3 is 0 Å². The van der Waals surface area contributed by atoms with Gasteiger partial charge in [-0.05, 0) is 29.8 Å². The number of nitrogens with one attached hydrogen (secondary N) is 1. The summed E-state index contributed by atoms with van der Waals surface area (Å²) in [5.74, 6) is 0.725. The number of nitrogens with zero attached hydrogens (tertiary/aromatic N) is 3. The van der Waals surface area contributed by atoms with Crippen LogP contribution in [0.2, 0.25) is 5.02 Å². The standard InChI is InChI=1S/C18H15ClN4S/c19-17-9-5-4-6-14(17)13-24-18-20-11-10-16(22-18)12-21-23-15-7-2-1-3-8-15/h1-12,23H,13H2. The van der Waals surface area contributed by atoms with E-state index in [0.717, 1.165) is 27.7 Å². The summed E-state index contributed by atoms with van der Waals surface area (Å²) in [5.41, 5.74) is 5.70. The van der Waals surface area contributed by atoms with E-state index in [-0.39, 0.29) is 0 Å². The number of benzene rings is 2. The predicted molar refractivity (Wildman–Crippen MR) is 101 cm³/mol. The van der Waals surface area contributed by atoms with Crippen molar-refractivity contribution in [3.63, 3.8) is 0 Å². The second-order valence-electron chi connectivity index (χ2n) is 4.88. The second kappa shape index (κ2) is 8.47. The Kier molecular flexibility index (Phi) is 5.82. The lowest BCUT2D eigenvalue weighted by Gasteiger charge is -2.03. The molecule has 0 radical (unpaired) electrons. The van der Waals surface area contributed by atoms with E-state index >= 15 is 0 Å². The van der Waals surface area contributed by atoms with Gasteiger partial charge in [-0.3, -0.25) is 5.43 Å². The van der Waals surface area contributed by atoms with Gasteiger partial charge in [0.05, 0.1) is 17.6 Å². The zero-order chi connectivity index (χ0) is 16.6. The van der Waals surface area contributed by atoms with Crippen molar-refractivity contribution in [2.24, 2.45) is 5.10 Å². The topological polar surface area (TPSA) is 50.2 Å². The van der Waals surface area contributed by atoms with Crippen LogP contribution in [0.3, 0.4) is 0 Å². The van der Waals surface area contributed by atoms with E-state index < -0.39 is 0 Å². The molecule has 0 aliphatic carbocycles. The lowest BCUT2D eigenvalue weighted by atomic mass is 10.2. The van der Waals surface area contributed by atoms with E-state index in [9.17, 15) is 0 Å². The van der Waals surface area contributed by atoms with Crippen LogP contribution in [0.4, 0.5) is 5.69 Å². The van der Waals surface area contributed by atoms with Crippen LogP contribution in [0, 0.1) is 0 Å². The molecule has 0 fully saturated rings. The molecule has 2 aromatic carbocycles. The van der Waals surface area contributed by atoms with E-state index in [4.69, 9.17) is 11.6 Å². The molecule has 1 aromatic heterocycles. The Balaban J connectivity index is 1.60. The highest BCUT2D eigenvalue weighted by atomic mass is 35.5. The van der Waals surface area contributed by atoms with Crippen molar-refractivity contribution >= 4 is 35.3 Å². The first kappa shape index (κ1) is 16.5. The van der Waals surface area contributed by atoms with Gasteiger partial charge in [-0.25, -0.2) is 9.97 Å². The molecular weight excluding hydrogens is 340 g/mol. The zero-order valence-corrected chi connectivity index (χ0v) is 14.3. The maximum atomic E-state index is 6.16. The Labute approximate surface area is 150 Å². The Morgan fingerprint density at radius 3 is 2.67 bits per heavy atom. The molecule has 1 N–H and O–H groups in total. The molecular formula is C18H15ClN4S. The molecule has 120 valence electrons. The van der Waals surface area contributed by atoms with Gasteiger partial charge in [0.25, 0.3) is 0 Å². The van der Waals surface area contributed by atoms with Crippen LogP contribution in [-0.4, -0.2) is 16.2 Å². The second-order valence-corrected chi connectivity index (χ2v) is 6.23. The highest BCUT2D eigenvalue weighted by molar-refractivity contribution is 7.98. The molecule has 0 saturated carbocycles. The van der Waals surface area contributed by atoms with E-state index in [1.54, 1.807) is 24.2 Å². The van der Waals surface area contributed by atoms with Gasteiger partial charge in [-0.2, -0.15) is 5.10 Å². The third-order valence-corrected chi connectivity index (χ3v) is 4.41. The summed E-state index contributed by atoms with van der Waals surface area (Å²) in [5, 5.41) is 5.64. The average Bonchev–Trinajstić information content (AvgIpc) is 2.62. The van der Waals surface area contributed by atoms with Gasteiger partial charge < -0.3 is 0 Å². The summed E-state index contributed by atoms with van der Waals surface area (Å²) in [7, 11) is 0. The normalized spacial score (nSPS) is 10.9.